The average Bonchev–Trinajstić information content (AvgIpc) is 2.96. The fraction of sp³-hybridized carbons (Fsp3) is 0.333. The van der Waals surface area contributed by atoms with Crippen LogP contribution in [0, 0.1) is 0 Å². The molecule has 1 unspecified atom stereocenters. The maximum absolute atomic E-state index is 10.9. The van der Waals surface area contributed by atoms with E-state index in [4.69, 9.17) is 14.6 Å². The maximum Gasteiger partial charge on any atom is 0.407 e. The first kappa shape index (κ1) is 14.9. The lowest BCUT2D eigenvalue weighted by atomic mass is 10.2. The number of amides is 1. The van der Waals surface area contributed by atoms with Crippen molar-refractivity contribution >= 4 is 32.9 Å². The third-order valence-electron chi connectivity index (χ3n) is 3.64. The van der Waals surface area contributed by atoms with E-state index in [2.05, 4.69) is 20.9 Å². The highest BCUT2D eigenvalue weighted by Gasteiger charge is 2.28. The van der Waals surface area contributed by atoms with Crippen LogP contribution >= 0.6 is 15.9 Å². The van der Waals surface area contributed by atoms with Crippen molar-refractivity contribution in [1.82, 2.24) is 9.88 Å². The second kappa shape index (κ2) is 6.00. The summed E-state index contributed by atoms with van der Waals surface area (Å²) < 4.78 is 11.8. The van der Waals surface area contributed by atoms with Crippen molar-refractivity contribution in [3.63, 3.8) is 0 Å². The van der Waals surface area contributed by atoms with Crippen molar-refractivity contribution in [1.29, 1.82) is 0 Å². The largest absolute Gasteiger partial charge is 0.497 e. The van der Waals surface area contributed by atoms with Crippen molar-refractivity contribution in [2.75, 3.05) is 20.2 Å². The molecule has 1 aromatic carbocycles. The first-order valence-corrected chi connectivity index (χ1v) is 7.65. The number of fused-ring (bicyclic) bond motifs is 1. The summed E-state index contributed by atoms with van der Waals surface area (Å²) in [6.07, 6.45) is -0.430. The molecule has 2 aromatic rings. The summed E-state index contributed by atoms with van der Waals surface area (Å²) >= 11 is 3.46. The molecular weight excluding hydrogens is 352 g/mol. The monoisotopic (exact) mass is 366 g/mol. The summed E-state index contributed by atoms with van der Waals surface area (Å²) in [6.45, 7) is 0.846. The molecule has 0 bridgehead atoms. The standard InChI is InChI=1S/C15H15BrN2O4/c1-21-10-3-2-9-6-12(16)14(17-13(9)7-10)22-11-4-5-18(8-11)15(19)20/h2-3,6-7,11H,4-5,8H2,1H3,(H,19,20). The Balaban J connectivity index is 1.84. The maximum atomic E-state index is 10.9. The minimum atomic E-state index is -0.915. The molecule has 1 aromatic heterocycles. The molecule has 1 fully saturated rings. The van der Waals surface area contributed by atoms with Crippen LogP contribution in [-0.4, -0.2) is 47.4 Å². The van der Waals surface area contributed by atoms with E-state index in [1.807, 2.05) is 24.3 Å². The van der Waals surface area contributed by atoms with Gasteiger partial charge in [-0.3, -0.25) is 0 Å². The van der Waals surface area contributed by atoms with Gasteiger partial charge in [0.25, 0.3) is 0 Å². The Kier molecular flexibility index (Phi) is 4.06. The number of halogens is 1. The van der Waals surface area contributed by atoms with Gasteiger partial charge in [-0.2, -0.15) is 0 Å². The fourth-order valence-electron chi connectivity index (χ4n) is 2.47. The van der Waals surface area contributed by atoms with Gasteiger partial charge in [0.15, 0.2) is 0 Å². The first-order chi connectivity index (χ1) is 10.6. The number of benzene rings is 1. The lowest BCUT2D eigenvalue weighted by molar-refractivity contribution is 0.144. The number of hydrogen-bond donors (Lipinski definition) is 1. The van der Waals surface area contributed by atoms with Gasteiger partial charge in [-0.25, -0.2) is 9.78 Å². The van der Waals surface area contributed by atoms with Gasteiger partial charge in [-0.1, -0.05) is 0 Å². The van der Waals surface area contributed by atoms with Gasteiger partial charge >= 0.3 is 6.09 Å². The minimum absolute atomic E-state index is 0.178. The number of nitrogens with zero attached hydrogens (tertiary/aromatic N) is 2. The van der Waals surface area contributed by atoms with Crippen LogP contribution in [0.5, 0.6) is 11.6 Å². The van der Waals surface area contributed by atoms with Gasteiger partial charge in [-0.05, 0) is 34.1 Å². The molecular formula is C15H15BrN2O4. The van der Waals surface area contributed by atoms with Gasteiger partial charge in [0.05, 0.1) is 23.6 Å². The highest BCUT2D eigenvalue weighted by atomic mass is 79.9. The molecule has 1 aliphatic rings. The summed E-state index contributed by atoms with van der Waals surface area (Å²) in [7, 11) is 1.61. The zero-order valence-corrected chi connectivity index (χ0v) is 13.5. The van der Waals surface area contributed by atoms with E-state index in [1.165, 1.54) is 4.90 Å². The van der Waals surface area contributed by atoms with Crippen molar-refractivity contribution in [2.45, 2.75) is 12.5 Å². The first-order valence-electron chi connectivity index (χ1n) is 6.85. The van der Waals surface area contributed by atoms with Crippen LogP contribution in [0.2, 0.25) is 0 Å². The summed E-state index contributed by atoms with van der Waals surface area (Å²) in [5.41, 5.74) is 0.769. The number of rotatable bonds is 3. The van der Waals surface area contributed by atoms with Crippen molar-refractivity contribution in [2.24, 2.45) is 0 Å². The van der Waals surface area contributed by atoms with E-state index in [1.54, 1.807) is 7.11 Å². The summed E-state index contributed by atoms with van der Waals surface area (Å²) in [6, 6.07) is 7.57. The van der Waals surface area contributed by atoms with Crippen molar-refractivity contribution in [3.8, 4) is 11.6 Å². The number of likely N-dealkylation sites (tertiary alicyclic amines) is 1. The van der Waals surface area contributed by atoms with E-state index in [9.17, 15) is 4.79 Å². The molecule has 1 aliphatic heterocycles. The number of methoxy groups -OCH3 is 1. The Labute approximate surface area is 135 Å². The van der Waals surface area contributed by atoms with Crippen LogP contribution in [0.1, 0.15) is 6.42 Å². The van der Waals surface area contributed by atoms with Crippen LogP contribution < -0.4 is 9.47 Å². The Morgan fingerprint density at radius 1 is 1.45 bits per heavy atom. The molecule has 0 saturated carbocycles. The molecule has 3 rings (SSSR count). The summed E-state index contributed by atoms with van der Waals surface area (Å²) in [5, 5.41) is 9.95. The SMILES string of the molecule is COc1ccc2cc(Br)c(OC3CCN(C(=O)O)C3)nc2c1. The van der Waals surface area contributed by atoms with Crippen LogP contribution in [-0.2, 0) is 0 Å². The second-order valence-corrected chi connectivity index (χ2v) is 5.95. The van der Waals surface area contributed by atoms with E-state index in [0.717, 1.165) is 21.1 Å². The van der Waals surface area contributed by atoms with Crippen LogP contribution in [0.3, 0.4) is 0 Å². The number of ether oxygens (including phenoxy) is 2. The molecule has 22 heavy (non-hydrogen) atoms. The molecule has 1 saturated heterocycles. The van der Waals surface area contributed by atoms with Crippen LogP contribution in [0.25, 0.3) is 10.9 Å². The smallest absolute Gasteiger partial charge is 0.407 e. The number of carboxylic acid groups (broad SMARTS) is 1. The van der Waals surface area contributed by atoms with Gasteiger partial charge in [0, 0.05) is 24.4 Å². The van der Waals surface area contributed by atoms with Crippen LogP contribution in [0.15, 0.2) is 28.7 Å². The summed E-state index contributed by atoms with van der Waals surface area (Å²) in [4.78, 5) is 16.8. The van der Waals surface area contributed by atoms with E-state index in [-0.39, 0.29) is 6.10 Å². The highest BCUT2D eigenvalue weighted by molar-refractivity contribution is 9.10. The van der Waals surface area contributed by atoms with E-state index < -0.39 is 6.09 Å². The summed E-state index contributed by atoms with van der Waals surface area (Å²) in [5.74, 6) is 1.20. The number of carbonyl (C=O) groups is 1. The van der Waals surface area contributed by atoms with Gasteiger partial charge in [0.1, 0.15) is 11.9 Å². The second-order valence-electron chi connectivity index (χ2n) is 5.09. The third-order valence-corrected chi connectivity index (χ3v) is 4.21. The van der Waals surface area contributed by atoms with Gasteiger partial charge in [0.2, 0.25) is 5.88 Å². The van der Waals surface area contributed by atoms with Crippen molar-refractivity contribution < 1.29 is 19.4 Å². The molecule has 7 heteroatoms. The normalized spacial score (nSPS) is 17.7. The molecule has 2 heterocycles. The molecule has 116 valence electrons. The molecule has 1 amide bonds. The van der Waals surface area contributed by atoms with E-state index >= 15 is 0 Å². The van der Waals surface area contributed by atoms with Crippen molar-refractivity contribution in [3.05, 3.63) is 28.7 Å². The van der Waals surface area contributed by atoms with Crippen LogP contribution in [0.4, 0.5) is 4.79 Å². The Hall–Kier alpha value is -2.02. The Morgan fingerprint density at radius 2 is 2.27 bits per heavy atom. The van der Waals surface area contributed by atoms with E-state index in [0.29, 0.717) is 25.4 Å². The molecule has 1 N–H and O–H groups in total. The molecule has 0 radical (unpaired) electrons. The average molecular weight is 367 g/mol. The minimum Gasteiger partial charge on any atom is -0.497 e. The number of hydrogen-bond acceptors (Lipinski definition) is 4. The molecule has 6 nitrogen and oxygen atoms in total. The lowest BCUT2D eigenvalue weighted by Crippen LogP contribution is -2.29. The predicted molar refractivity (Wildman–Crippen MR) is 84.6 cm³/mol. The lowest BCUT2D eigenvalue weighted by Gasteiger charge is -2.15. The number of aromatic nitrogens is 1. The zero-order valence-electron chi connectivity index (χ0n) is 12.0. The molecule has 0 spiro atoms. The quantitative estimate of drug-likeness (QED) is 0.903. The predicted octanol–water partition coefficient (Wildman–Crippen LogP) is 3.14. The Morgan fingerprint density at radius 3 is 2.95 bits per heavy atom. The highest BCUT2D eigenvalue weighted by Crippen LogP contribution is 2.30. The van der Waals surface area contributed by atoms with Gasteiger partial charge < -0.3 is 19.5 Å². The zero-order chi connectivity index (χ0) is 15.7. The van der Waals surface area contributed by atoms with Gasteiger partial charge in [-0.15, -0.1) is 0 Å². The topological polar surface area (TPSA) is 71.9 Å². The third kappa shape index (κ3) is 2.94. The number of pyridine rings is 1. The Bertz CT molecular complexity index is 722. The fourth-order valence-corrected chi connectivity index (χ4v) is 2.90. The molecule has 1 atom stereocenters. The molecule has 0 aliphatic carbocycles.